The fourth-order valence-electron chi connectivity index (χ4n) is 6.11. The van der Waals surface area contributed by atoms with Gasteiger partial charge in [-0.05, 0) is 62.8 Å². The number of halogens is 1. The second kappa shape index (κ2) is 9.60. The summed E-state index contributed by atoms with van der Waals surface area (Å²) in [7, 11) is -4.10. The van der Waals surface area contributed by atoms with Crippen LogP contribution in [0.3, 0.4) is 0 Å². The van der Waals surface area contributed by atoms with Crippen molar-refractivity contribution in [3.05, 3.63) is 53.6 Å². The van der Waals surface area contributed by atoms with Crippen LogP contribution in [0.1, 0.15) is 38.8 Å². The van der Waals surface area contributed by atoms with Crippen molar-refractivity contribution in [1.82, 2.24) is 15.1 Å². The normalized spacial score (nSPS) is 23.6. The van der Waals surface area contributed by atoms with Crippen LogP contribution in [0.15, 0.2) is 51.5 Å². The fraction of sp³-hybridized carbons (Fsp3) is 0.448. The summed E-state index contributed by atoms with van der Waals surface area (Å²) >= 11 is 0. The van der Waals surface area contributed by atoms with Crippen molar-refractivity contribution in [2.75, 3.05) is 28.6 Å². The molecule has 0 bridgehead atoms. The molecule has 3 aromatic rings. The Hall–Kier alpha value is -3.84. The van der Waals surface area contributed by atoms with Gasteiger partial charge in [0.1, 0.15) is 11.6 Å². The minimum absolute atomic E-state index is 0.0151. The number of carbonyl (C=O) groups is 1. The Morgan fingerprint density at radius 3 is 2.79 bits per heavy atom. The highest BCUT2D eigenvalue weighted by atomic mass is 32.2. The predicted molar refractivity (Wildman–Crippen MR) is 151 cm³/mol. The molecule has 4 heterocycles. The van der Waals surface area contributed by atoms with E-state index in [-0.39, 0.29) is 40.0 Å². The number of benzene rings is 1. The van der Waals surface area contributed by atoms with Gasteiger partial charge in [0.15, 0.2) is 9.84 Å². The third kappa shape index (κ3) is 4.74. The lowest BCUT2D eigenvalue weighted by molar-refractivity contribution is -0.119. The Kier molecular flexibility index (Phi) is 6.17. The van der Waals surface area contributed by atoms with Gasteiger partial charge >= 0.3 is 6.01 Å². The van der Waals surface area contributed by atoms with E-state index in [0.29, 0.717) is 23.4 Å². The molecule has 2 aromatic heterocycles. The minimum atomic E-state index is -4.10. The van der Waals surface area contributed by atoms with Crippen molar-refractivity contribution in [1.29, 1.82) is 0 Å². The highest BCUT2D eigenvalue weighted by molar-refractivity contribution is 7.91. The number of carbonyl (C=O) groups excluding carboxylic acids is 1. The molecule has 11 nitrogen and oxygen atoms in total. The lowest BCUT2D eigenvalue weighted by atomic mass is 9.97. The van der Waals surface area contributed by atoms with Crippen LogP contribution in [0.2, 0.25) is 0 Å². The highest BCUT2D eigenvalue weighted by Gasteiger charge is 2.56. The zero-order chi connectivity index (χ0) is 29.4. The molecule has 1 saturated carbocycles. The summed E-state index contributed by atoms with van der Waals surface area (Å²) in [6.45, 7) is 5.21. The van der Waals surface area contributed by atoms with Crippen LogP contribution in [0.25, 0.3) is 11.4 Å². The first kappa shape index (κ1) is 27.0. The first-order valence-corrected chi connectivity index (χ1v) is 15.7. The molecule has 1 aromatic carbocycles. The van der Waals surface area contributed by atoms with Crippen LogP contribution in [-0.4, -0.2) is 60.4 Å². The molecule has 4 aliphatic rings. The predicted octanol–water partition coefficient (Wildman–Crippen LogP) is 3.25. The van der Waals surface area contributed by atoms with E-state index in [1.165, 1.54) is 22.7 Å². The second-order valence-electron chi connectivity index (χ2n) is 11.9. The number of fused-ring (bicyclic) bond motifs is 3. The third-order valence-electron chi connectivity index (χ3n) is 8.47. The lowest BCUT2D eigenvalue weighted by Gasteiger charge is -2.24. The molecule has 2 aliphatic carbocycles. The average Bonchev–Trinajstić information content (AvgIpc) is 3.86. The quantitative estimate of drug-likeness (QED) is 0.422. The fourth-order valence-corrected chi connectivity index (χ4v) is 7.67. The molecular weight excluding hydrogens is 563 g/mol. The van der Waals surface area contributed by atoms with Crippen molar-refractivity contribution < 1.29 is 26.9 Å². The molecule has 1 saturated heterocycles. The number of sulfone groups is 1. The largest absolute Gasteiger partial charge is 0.489 e. The SMILES string of the molecule is CC(C)Oc1ccc(CN2C(=O)[C@@H](N)CS(=O)(=O)c3cc(F)c(-c4noc(N5CCC6=CC6C6(CC6)C5)n4)cc32)nc1. The number of amides is 1. The molecule has 2 N–H and O–H groups in total. The van der Waals surface area contributed by atoms with Crippen LogP contribution in [0.4, 0.5) is 16.1 Å². The maximum atomic E-state index is 15.6. The van der Waals surface area contributed by atoms with Gasteiger partial charge in [0.05, 0.1) is 52.5 Å². The maximum Gasteiger partial charge on any atom is 0.324 e. The highest BCUT2D eigenvalue weighted by Crippen LogP contribution is 2.62. The molecule has 1 spiro atoms. The molecule has 220 valence electrons. The molecule has 1 amide bonds. The van der Waals surface area contributed by atoms with Crippen LogP contribution in [-0.2, 0) is 21.2 Å². The zero-order valence-corrected chi connectivity index (χ0v) is 24.1. The van der Waals surface area contributed by atoms with Crippen LogP contribution in [0.5, 0.6) is 5.75 Å². The maximum absolute atomic E-state index is 15.6. The first-order chi connectivity index (χ1) is 20.0. The number of pyridine rings is 1. The van der Waals surface area contributed by atoms with Gasteiger partial charge in [0.25, 0.3) is 0 Å². The number of rotatable bonds is 6. The number of anilines is 2. The molecule has 2 aliphatic heterocycles. The van der Waals surface area contributed by atoms with E-state index in [0.717, 1.165) is 38.4 Å². The summed E-state index contributed by atoms with van der Waals surface area (Å²) in [5.41, 5.74) is 8.11. The Morgan fingerprint density at radius 2 is 2.07 bits per heavy atom. The minimum Gasteiger partial charge on any atom is -0.489 e. The Morgan fingerprint density at radius 1 is 1.26 bits per heavy atom. The van der Waals surface area contributed by atoms with E-state index in [4.69, 9.17) is 15.0 Å². The van der Waals surface area contributed by atoms with Gasteiger partial charge in [-0.1, -0.05) is 16.8 Å². The second-order valence-corrected chi connectivity index (χ2v) is 13.9. The zero-order valence-electron chi connectivity index (χ0n) is 23.3. The Balaban J connectivity index is 1.24. The average molecular weight is 595 g/mol. The van der Waals surface area contributed by atoms with Crippen LogP contribution in [0, 0.1) is 17.2 Å². The van der Waals surface area contributed by atoms with Crippen molar-refractivity contribution in [3.8, 4) is 17.1 Å². The molecule has 2 fully saturated rings. The summed E-state index contributed by atoms with van der Waals surface area (Å²) in [6, 6.07) is 4.55. The van der Waals surface area contributed by atoms with E-state index < -0.39 is 33.4 Å². The number of hydrogen-bond donors (Lipinski definition) is 1. The Labute approximate surface area is 242 Å². The van der Waals surface area contributed by atoms with Crippen molar-refractivity contribution in [2.24, 2.45) is 17.1 Å². The topological polar surface area (TPSA) is 145 Å². The van der Waals surface area contributed by atoms with Crippen molar-refractivity contribution in [3.63, 3.8) is 0 Å². The lowest BCUT2D eigenvalue weighted by Crippen LogP contribution is -2.45. The molecule has 2 atom stereocenters. The Bertz CT molecular complexity index is 1720. The van der Waals surface area contributed by atoms with Gasteiger partial charge in [-0.2, -0.15) is 4.98 Å². The summed E-state index contributed by atoms with van der Waals surface area (Å²) in [5.74, 6) is -1.03. The number of aromatic nitrogens is 3. The van der Waals surface area contributed by atoms with Gasteiger partial charge in [0, 0.05) is 19.0 Å². The van der Waals surface area contributed by atoms with Crippen LogP contribution >= 0.6 is 0 Å². The summed E-state index contributed by atoms with van der Waals surface area (Å²) in [5, 5.41) is 4.05. The standard InChI is InChI=1S/C29H31FN6O5S/c1-16(2)40-19-4-3-18(32-12-19)13-36-24-10-20(22(30)11-25(24)42(38,39)14-23(31)27(36)37)26-33-28(41-34-26)35-8-5-17-9-21(17)29(15-35)6-7-29/h3-4,9-12,16,21,23H,5-8,13-15,31H2,1-2H3/t21?,23-/m0/s1. The van der Waals surface area contributed by atoms with Gasteiger partial charge < -0.3 is 24.8 Å². The molecule has 1 unspecified atom stereocenters. The van der Waals surface area contributed by atoms with E-state index in [9.17, 15) is 13.2 Å². The van der Waals surface area contributed by atoms with E-state index in [2.05, 4.69) is 26.1 Å². The van der Waals surface area contributed by atoms with Gasteiger partial charge in [0.2, 0.25) is 11.7 Å². The number of nitrogens with two attached hydrogens (primary N) is 1. The summed E-state index contributed by atoms with van der Waals surface area (Å²) in [4.78, 5) is 25.3. The molecule has 13 heteroatoms. The molecule has 7 rings (SSSR count). The number of allylic oxidation sites excluding steroid dienone is 1. The van der Waals surface area contributed by atoms with E-state index >= 15 is 4.39 Å². The van der Waals surface area contributed by atoms with Gasteiger partial charge in [-0.15, -0.1) is 0 Å². The van der Waals surface area contributed by atoms with Crippen molar-refractivity contribution >= 4 is 27.4 Å². The van der Waals surface area contributed by atoms with Crippen molar-refractivity contribution in [2.45, 2.75) is 56.7 Å². The van der Waals surface area contributed by atoms with Gasteiger partial charge in [-0.3, -0.25) is 9.78 Å². The molecular formula is C29H31FN6O5S. The van der Waals surface area contributed by atoms with E-state index in [1.54, 1.807) is 12.1 Å². The number of hydrogen-bond acceptors (Lipinski definition) is 10. The smallest absolute Gasteiger partial charge is 0.324 e. The first-order valence-electron chi connectivity index (χ1n) is 14.1. The number of ether oxygens (including phenoxy) is 1. The molecule has 42 heavy (non-hydrogen) atoms. The third-order valence-corrected chi connectivity index (χ3v) is 10.3. The summed E-state index contributed by atoms with van der Waals surface area (Å²) in [6.07, 6.45) is 7.06. The van der Waals surface area contributed by atoms with E-state index in [1.807, 2.05) is 13.8 Å². The van der Waals surface area contributed by atoms with Crippen LogP contribution < -0.4 is 20.3 Å². The number of nitrogens with zero attached hydrogens (tertiary/aromatic N) is 5. The van der Waals surface area contributed by atoms with Gasteiger partial charge in [-0.25, -0.2) is 12.8 Å². The summed E-state index contributed by atoms with van der Waals surface area (Å²) < 4.78 is 53.2. The molecule has 0 radical (unpaired) electrons. The monoisotopic (exact) mass is 594 g/mol.